The molecule has 3 rings (SSSR count). The lowest BCUT2D eigenvalue weighted by atomic mass is 10.2. The maximum Gasteiger partial charge on any atom is 0.337 e. The van der Waals surface area contributed by atoms with Crippen LogP contribution in [0.2, 0.25) is 12.1 Å². The molecule has 0 spiro atoms. The molecular weight excluding hydrogens is 571 g/mol. The molecule has 0 aliphatic heterocycles. The Hall–Kier alpha value is -3.62. The maximum absolute atomic E-state index is 14.3. The van der Waals surface area contributed by atoms with Gasteiger partial charge in [0.1, 0.15) is 5.75 Å². The molecule has 10 heteroatoms. The summed E-state index contributed by atoms with van der Waals surface area (Å²) in [5.41, 5.74) is -0.636. The zero-order valence-corrected chi connectivity index (χ0v) is 26.1. The van der Waals surface area contributed by atoms with Gasteiger partial charge in [0.2, 0.25) is 18.2 Å². The fraction of sp³-hybridized carbons (Fsp3) is 0.281. The summed E-state index contributed by atoms with van der Waals surface area (Å²) in [7, 11) is -3.46. The molecule has 0 aromatic heterocycles. The Labute approximate surface area is 248 Å². The van der Waals surface area contributed by atoms with Crippen LogP contribution in [0, 0.1) is 0 Å². The molecule has 0 aliphatic carbocycles. The van der Waals surface area contributed by atoms with E-state index < -0.39 is 32.7 Å². The summed E-state index contributed by atoms with van der Waals surface area (Å²) in [4.78, 5) is 38.6. The van der Waals surface area contributed by atoms with Gasteiger partial charge in [-0.05, 0) is 56.1 Å². The van der Waals surface area contributed by atoms with Crippen LogP contribution in [0.15, 0.2) is 97.1 Å². The van der Waals surface area contributed by atoms with Gasteiger partial charge in [0, 0.05) is 36.2 Å². The first-order chi connectivity index (χ1) is 20.2. The third-order valence-corrected chi connectivity index (χ3v) is 13.2. The van der Waals surface area contributed by atoms with E-state index in [0.717, 1.165) is 0 Å². The highest BCUT2D eigenvalue weighted by Crippen LogP contribution is 2.51. The highest BCUT2D eigenvalue weighted by Gasteiger charge is 2.42. The van der Waals surface area contributed by atoms with Crippen LogP contribution in [-0.4, -0.2) is 53.0 Å². The lowest BCUT2D eigenvalue weighted by molar-refractivity contribution is -0.138. The minimum atomic E-state index is -4.20. The number of carbonyl (C=O) groups is 3. The van der Waals surface area contributed by atoms with Crippen molar-refractivity contribution in [1.82, 2.24) is 0 Å². The Bertz CT molecular complexity index is 1350. The molecule has 0 atom stereocenters. The number of hydrogen-bond acceptors (Lipinski definition) is 8. The van der Waals surface area contributed by atoms with Gasteiger partial charge in [0.25, 0.3) is 0 Å². The van der Waals surface area contributed by atoms with Crippen LogP contribution in [0.3, 0.4) is 0 Å². The van der Waals surface area contributed by atoms with Crippen LogP contribution in [0.25, 0.3) is 0 Å². The Balaban J connectivity index is 1.66. The number of esters is 1. The largest absolute Gasteiger partial charge is 0.494 e. The van der Waals surface area contributed by atoms with Crippen molar-refractivity contribution >= 4 is 38.0 Å². The molecule has 222 valence electrons. The van der Waals surface area contributed by atoms with Crippen molar-refractivity contribution in [1.29, 1.82) is 0 Å². The predicted molar refractivity (Wildman–Crippen MR) is 165 cm³/mol. The van der Waals surface area contributed by atoms with E-state index in [9.17, 15) is 18.9 Å². The molecule has 0 radical (unpaired) electrons. The minimum absolute atomic E-state index is 0.148. The third-order valence-electron chi connectivity index (χ3n) is 6.81. The van der Waals surface area contributed by atoms with E-state index >= 15 is 0 Å². The molecule has 0 heterocycles. The topological polar surface area (TPSA) is 105 Å². The van der Waals surface area contributed by atoms with Crippen LogP contribution in [0.1, 0.15) is 40.5 Å². The molecule has 0 fully saturated rings. The number of benzene rings is 3. The van der Waals surface area contributed by atoms with Crippen molar-refractivity contribution in [2.24, 2.45) is 0 Å². The second-order valence-corrected chi connectivity index (χ2v) is 15.9. The molecule has 42 heavy (non-hydrogen) atoms. The van der Waals surface area contributed by atoms with E-state index in [1.165, 1.54) is 12.1 Å². The number of ether oxygens (including phenoxy) is 2. The SMILES string of the molecule is C=C(C)C(=O)OCCC[Si](CCCOc1ccc(P(=O)(C(=O)c2ccccc2)C(=O)c2ccccc2)cc1)(OC)OC. The second kappa shape index (κ2) is 15.6. The van der Waals surface area contributed by atoms with Gasteiger partial charge in [-0.3, -0.25) is 9.59 Å². The van der Waals surface area contributed by atoms with E-state index in [2.05, 4.69) is 6.58 Å². The first kappa shape index (κ1) is 32.9. The highest BCUT2D eigenvalue weighted by atomic mass is 31.2. The van der Waals surface area contributed by atoms with Crippen LogP contribution in [-0.2, 0) is 22.9 Å². The van der Waals surface area contributed by atoms with E-state index in [0.29, 0.717) is 42.9 Å². The average molecular weight is 609 g/mol. The van der Waals surface area contributed by atoms with Gasteiger partial charge in [0.05, 0.1) is 13.2 Å². The zero-order chi connectivity index (χ0) is 30.6. The van der Waals surface area contributed by atoms with Crippen molar-refractivity contribution in [2.75, 3.05) is 27.4 Å². The van der Waals surface area contributed by atoms with Crippen molar-refractivity contribution in [2.45, 2.75) is 31.9 Å². The average Bonchev–Trinajstić information content (AvgIpc) is 3.04. The Morgan fingerprint density at radius 3 is 1.67 bits per heavy atom. The molecular formula is C32H37O8PSi. The Kier molecular flexibility index (Phi) is 12.2. The quantitative estimate of drug-likeness (QED) is 0.0573. The van der Waals surface area contributed by atoms with Crippen molar-refractivity contribution in [3.8, 4) is 5.75 Å². The zero-order valence-electron chi connectivity index (χ0n) is 24.2. The summed E-state index contributed by atoms with van der Waals surface area (Å²) in [5, 5.41) is 0.148. The molecule has 0 bridgehead atoms. The van der Waals surface area contributed by atoms with Crippen molar-refractivity contribution < 1.29 is 37.3 Å². The standard InChI is InChI=1S/C32H37O8PSi/c1-25(2)30(33)40-22-12-24-42(37-3,38-4)23-11-21-39-28-17-19-29(20-18-28)41(36,31(34)26-13-7-5-8-14-26)32(35)27-15-9-6-10-16-27/h5-10,13-20H,1,11-12,21-24H2,2-4H3. The van der Waals surface area contributed by atoms with Gasteiger partial charge in [-0.25, -0.2) is 4.79 Å². The predicted octanol–water partition coefficient (Wildman–Crippen LogP) is 6.37. The van der Waals surface area contributed by atoms with E-state index in [-0.39, 0.29) is 23.0 Å². The lowest BCUT2D eigenvalue weighted by Gasteiger charge is -2.27. The Morgan fingerprint density at radius 2 is 1.21 bits per heavy atom. The summed E-state index contributed by atoms with van der Waals surface area (Å²) in [6.07, 6.45) is 1.26. The smallest absolute Gasteiger partial charge is 0.337 e. The molecule has 8 nitrogen and oxygen atoms in total. The van der Waals surface area contributed by atoms with Crippen LogP contribution in [0.4, 0.5) is 0 Å². The van der Waals surface area contributed by atoms with Crippen LogP contribution < -0.4 is 10.0 Å². The van der Waals surface area contributed by atoms with Crippen molar-refractivity contribution in [3.05, 3.63) is 108 Å². The third kappa shape index (κ3) is 8.23. The number of hydrogen-bond donors (Lipinski definition) is 0. The van der Waals surface area contributed by atoms with E-state index in [1.54, 1.807) is 93.9 Å². The normalized spacial score (nSPS) is 11.5. The fourth-order valence-electron chi connectivity index (χ4n) is 4.38. The van der Waals surface area contributed by atoms with E-state index in [4.69, 9.17) is 18.3 Å². The summed E-state index contributed by atoms with van der Waals surface area (Å²) in [6, 6.07) is 24.0. The summed E-state index contributed by atoms with van der Waals surface area (Å²) in [6.45, 7) is 5.81. The van der Waals surface area contributed by atoms with Gasteiger partial charge in [-0.15, -0.1) is 0 Å². The molecule has 0 saturated heterocycles. The van der Waals surface area contributed by atoms with Gasteiger partial charge < -0.3 is 22.9 Å². The van der Waals surface area contributed by atoms with Gasteiger partial charge in [-0.1, -0.05) is 67.2 Å². The van der Waals surface area contributed by atoms with Crippen molar-refractivity contribution in [3.63, 3.8) is 0 Å². The molecule has 0 saturated carbocycles. The molecule has 0 amide bonds. The minimum Gasteiger partial charge on any atom is -0.494 e. The molecule has 0 N–H and O–H groups in total. The van der Waals surface area contributed by atoms with Gasteiger partial charge in [0.15, 0.2) is 0 Å². The molecule has 0 unspecified atom stereocenters. The molecule has 3 aromatic carbocycles. The van der Waals surface area contributed by atoms with Crippen LogP contribution >= 0.6 is 7.14 Å². The highest BCUT2D eigenvalue weighted by molar-refractivity contribution is 8.01. The second-order valence-electron chi connectivity index (χ2n) is 9.74. The van der Waals surface area contributed by atoms with Gasteiger partial charge >= 0.3 is 14.5 Å². The van der Waals surface area contributed by atoms with Crippen LogP contribution in [0.5, 0.6) is 5.75 Å². The van der Waals surface area contributed by atoms with Gasteiger partial charge in [-0.2, -0.15) is 0 Å². The maximum atomic E-state index is 14.3. The Morgan fingerprint density at radius 1 is 0.738 bits per heavy atom. The lowest BCUT2D eigenvalue weighted by Crippen LogP contribution is -2.40. The molecule has 0 aliphatic rings. The monoisotopic (exact) mass is 608 g/mol. The van der Waals surface area contributed by atoms with E-state index in [1.807, 2.05) is 0 Å². The number of rotatable bonds is 17. The summed E-state index contributed by atoms with van der Waals surface area (Å²) in [5.74, 6) is 0.0974. The first-order valence-electron chi connectivity index (χ1n) is 13.6. The molecule has 3 aromatic rings. The fourth-order valence-corrected chi connectivity index (χ4v) is 9.23. The number of carbonyl (C=O) groups excluding carboxylic acids is 3. The first-order valence-corrected chi connectivity index (χ1v) is 17.6. The summed E-state index contributed by atoms with van der Waals surface area (Å²) < 4.78 is 37.0. The summed E-state index contributed by atoms with van der Waals surface area (Å²) >= 11 is 0.